The second-order valence-electron chi connectivity index (χ2n) is 8.15. The van der Waals surface area contributed by atoms with Crippen LogP contribution in [0.3, 0.4) is 0 Å². The van der Waals surface area contributed by atoms with Crippen LogP contribution in [-0.4, -0.2) is 31.3 Å². The molecule has 1 N–H and O–H groups in total. The van der Waals surface area contributed by atoms with E-state index in [-0.39, 0.29) is 18.3 Å². The Balaban J connectivity index is 1.48. The van der Waals surface area contributed by atoms with Crippen molar-refractivity contribution >= 4 is 34.5 Å². The third-order valence-electron chi connectivity index (χ3n) is 5.72. The Kier molecular flexibility index (Phi) is 6.63. The van der Waals surface area contributed by atoms with Crippen molar-refractivity contribution in [2.75, 3.05) is 11.6 Å². The lowest BCUT2D eigenvalue weighted by molar-refractivity contribution is -0.116. The van der Waals surface area contributed by atoms with E-state index in [1.165, 1.54) is 12.1 Å². The van der Waals surface area contributed by atoms with E-state index >= 15 is 0 Å². The largest absolute Gasteiger partial charge is 0.318 e. The molecule has 0 radical (unpaired) electrons. The number of carbonyl (C=O) groups excluding carboxylic acids is 1. The van der Waals surface area contributed by atoms with Crippen molar-refractivity contribution in [1.82, 2.24) is 19.1 Å². The van der Waals surface area contributed by atoms with Gasteiger partial charge in [0.1, 0.15) is 29.7 Å². The normalized spacial score (nSPS) is 11.1. The molecule has 176 valence electrons. The predicted molar refractivity (Wildman–Crippen MR) is 139 cm³/mol. The number of imidazole rings is 2. The maximum Gasteiger partial charge on any atom is 0.245 e. The van der Waals surface area contributed by atoms with Gasteiger partial charge >= 0.3 is 0 Å². The molecule has 2 aromatic heterocycles. The Morgan fingerprint density at radius 3 is 2.51 bits per heavy atom. The van der Waals surface area contributed by atoms with Crippen LogP contribution in [0, 0.1) is 5.82 Å². The molecule has 35 heavy (non-hydrogen) atoms. The molecule has 0 saturated heterocycles. The van der Waals surface area contributed by atoms with E-state index < -0.39 is 0 Å². The highest BCUT2D eigenvalue weighted by Crippen LogP contribution is 2.28. The number of thioether (sulfide) groups is 1. The zero-order valence-corrected chi connectivity index (χ0v) is 20.0. The second-order valence-corrected chi connectivity index (χ2v) is 9.01. The molecule has 6 nitrogen and oxygen atoms in total. The molecule has 0 bridgehead atoms. The summed E-state index contributed by atoms with van der Waals surface area (Å²) in [6.45, 7) is 0.659. The number of amides is 1. The maximum atomic E-state index is 13.5. The van der Waals surface area contributed by atoms with Gasteiger partial charge in [0.15, 0.2) is 0 Å². The Labute approximate surface area is 206 Å². The zero-order valence-electron chi connectivity index (χ0n) is 19.2. The van der Waals surface area contributed by atoms with E-state index in [2.05, 4.69) is 10.3 Å². The van der Waals surface area contributed by atoms with Crippen LogP contribution in [0.25, 0.3) is 22.3 Å². The lowest BCUT2D eigenvalue weighted by Gasteiger charge is -2.14. The number of anilines is 1. The highest BCUT2D eigenvalue weighted by atomic mass is 32.2. The quantitative estimate of drug-likeness (QED) is 0.311. The minimum absolute atomic E-state index is 0.121. The Bertz CT molecular complexity index is 1460. The van der Waals surface area contributed by atoms with Crippen molar-refractivity contribution in [2.45, 2.75) is 18.8 Å². The fourth-order valence-electron chi connectivity index (χ4n) is 4.09. The average molecular weight is 486 g/mol. The molecular weight excluding hydrogens is 461 g/mol. The average Bonchev–Trinajstić information content (AvgIpc) is 3.41. The van der Waals surface area contributed by atoms with Crippen molar-refractivity contribution in [3.63, 3.8) is 0 Å². The van der Waals surface area contributed by atoms with Crippen LogP contribution in [0.2, 0.25) is 0 Å². The number of nitrogens with zero attached hydrogens (tertiary/aromatic N) is 4. The summed E-state index contributed by atoms with van der Waals surface area (Å²) in [5, 5.41) is 3.08. The molecular formula is C27H24FN5OS. The zero-order chi connectivity index (χ0) is 24.2. The van der Waals surface area contributed by atoms with Gasteiger partial charge in [0, 0.05) is 5.56 Å². The van der Waals surface area contributed by atoms with Gasteiger partial charge in [-0.25, -0.2) is 14.4 Å². The maximum absolute atomic E-state index is 13.5. The summed E-state index contributed by atoms with van der Waals surface area (Å²) in [4.78, 5) is 22.6. The van der Waals surface area contributed by atoms with Crippen LogP contribution in [0.15, 0.2) is 85.2 Å². The third kappa shape index (κ3) is 4.97. The summed E-state index contributed by atoms with van der Waals surface area (Å²) in [6, 6.07) is 23.9. The van der Waals surface area contributed by atoms with Crippen molar-refractivity contribution in [3.05, 3.63) is 102 Å². The first-order valence-electron chi connectivity index (χ1n) is 11.2. The molecule has 5 rings (SSSR count). The van der Waals surface area contributed by atoms with E-state index in [1.807, 2.05) is 70.0 Å². The number of halogens is 1. The summed E-state index contributed by atoms with van der Waals surface area (Å²) in [7, 11) is 0. The van der Waals surface area contributed by atoms with E-state index in [9.17, 15) is 9.18 Å². The van der Waals surface area contributed by atoms with Crippen LogP contribution >= 0.6 is 11.8 Å². The number of benzene rings is 3. The summed E-state index contributed by atoms with van der Waals surface area (Å²) >= 11 is 1.66. The molecule has 0 aliphatic rings. The first kappa shape index (κ1) is 22.9. The number of hydrogen-bond acceptors (Lipinski definition) is 4. The van der Waals surface area contributed by atoms with Crippen molar-refractivity contribution in [2.24, 2.45) is 0 Å². The monoisotopic (exact) mass is 485 g/mol. The van der Waals surface area contributed by atoms with E-state index in [0.717, 1.165) is 28.0 Å². The molecule has 0 aliphatic carbocycles. The Hall–Kier alpha value is -3.91. The van der Waals surface area contributed by atoms with Crippen LogP contribution in [0.4, 0.5) is 10.2 Å². The third-order valence-corrected chi connectivity index (χ3v) is 6.26. The second kappa shape index (κ2) is 10.1. The highest BCUT2D eigenvalue weighted by Gasteiger charge is 2.19. The molecule has 0 atom stereocenters. The summed E-state index contributed by atoms with van der Waals surface area (Å²) in [5.41, 5.74) is 4.18. The van der Waals surface area contributed by atoms with Crippen molar-refractivity contribution in [3.8, 4) is 11.3 Å². The van der Waals surface area contributed by atoms with Gasteiger partial charge < -0.3 is 14.5 Å². The molecule has 5 aromatic rings. The summed E-state index contributed by atoms with van der Waals surface area (Å²) < 4.78 is 17.4. The topological polar surface area (TPSA) is 64.7 Å². The van der Waals surface area contributed by atoms with E-state index in [4.69, 9.17) is 4.98 Å². The lowest BCUT2D eigenvalue weighted by Crippen LogP contribution is -2.22. The van der Waals surface area contributed by atoms with Gasteiger partial charge in [0.05, 0.1) is 29.7 Å². The van der Waals surface area contributed by atoms with Crippen molar-refractivity contribution < 1.29 is 9.18 Å². The molecule has 2 heterocycles. The fourth-order valence-corrected chi connectivity index (χ4v) is 4.57. The minimum atomic E-state index is -0.323. The fraction of sp³-hybridized carbons (Fsp3) is 0.148. The van der Waals surface area contributed by atoms with Crippen LogP contribution in [-0.2, 0) is 23.6 Å². The number of rotatable bonds is 8. The first-order valence-corrected chi connectivity index (χ1v) is 12.6. The molecule has 0 unspecified atom stereocenters. The summed E-state index contributed by atoms with van der Waals surface area (Å²) in [5.74, 6) is 1.62. The number of aromatic nitrogens is 4. The minimum Gasteiger partial charge on any atom is -0.318 e. The van der Waals surface area contributed by atoms with E-state index in [0.29, 0.717) is 23.8 Å². The predicted octanol–water partition coefficient (Wildman–Crippen LogP) is 5.59. The van der Waals surface area contributed by atoms with Gasteiger partial charge in [0.2, 0.25) is 5.91 Å². The van der Waals surface area contributed by atoms with Crippen LogP contribution in [0.1, 0.15) is 11.4 Å². The number of carbonyl (C=O) groups is 1. The number of hydrogen-bond donors (Lipinski definition) is 1. The lowest BCUT2D eigenvalue weighted by atomic mass is 10.1. The molecule has 3 aromatic carbocycles. The Morgan fingerprint density at radius 1 is 1.00 bits per heavy atom. The van der Waals surface area contributed by atoms with Crippen molar-refractivity contribution in [1.29, 1.82) is 0 Å². The molecule has 0 fully saturated rings. The van der Waals surface area contributed by atoms with Gasteiger partial charge in [0.25, 0.3) is 0 Å². The molecule has 0 spiro atoms. The summed E-state index contributed by atoms with van der Waals surface area (Å²) in [6.07, 6.45) is 3.72. The van der Waals surface area contributed by atoms with Gasteiger partial charge in [-0.15, -0.1) is 0 Å². The van der Waals surface area contributed by atoms with E-state index in [1.54, 1.807) is 30.2 Å². The molecule has 0 aliphatic heterocycles. The SMILES string of the molecule is CSCc1nc2ccccc2n1CC(=O)Nc1c(-c2ccc(F)cc2)ncn1Cc1ccccc1. The number of nitrogens with one attached hydrogen (secondary N) is 1. The Morgan fingerprint density at radius 2 is 1.74 bits per heavy atom. The van der Waals surface area contributed by atoms with Gasteiger partial charge in [-0.2, -0.15) is 11.8 Å². The highest BCUT2D eigenvalue weighted by molar-refractivity contribution is 7.97. The smallest absolute Gasteiger partial charge is 0.245 e. The van der Waals surface area contributed by atoms with Crippen LogP contribution < -0.4 is 5.32 Å². The molecule has 1 amide bonds. The first-order chi connectivity index (χ1) is 17.1. The number of fused-ring (bicyclic) bond motifs is 1. The van der Waals surface area contributed by atoms with Crippen LogP contribution in [0.5, 0.6) is 0 Å². The van der Waals surface area contributed by atoms with Gasteiger partial charge in [-0.3, -0.25) is 4.79 Å². The number of para-hydroxylation sites is 2. The van der Waals surface area contributed by atoms with Gasteiger partial charge in [-0.1, -0.05) is 42.5 Å². The standard InChI is InChI=1S/C27H24FN5OS/c1-35-17-24-30-22-9-5-6-10-23(22)33(24)16-25(34)31-27-26(20-11-13-21(28)14-12-20)29-18-32(27)15-19-7-3-2-4-8-19/h2-14,18H,15-17H2,1H3,(H,31,34). The van der Waals surface area contributed by atoms with Gasteiger partial charge in [-0.05, 0) is 48.2 Å². The molecule has 8 heteroatoms. The molecule has 0 saturated carbocycles.